The zero-order valence-electron chi connectivity index (χ0n) is 16.2. The molecular formula is C21H23N3O5. The summed E-state index contributed by atoms with van der Waals surface area (Å²) in [7, 11) is 1.71. The Balaban J connectivity index is 1.57. The Bertz CT molecular complexity index is 972. The number of amides is 2. The molecular weight excluding hydrogens is 374 g/mol. The average Bonchev–Trinajstić information content (AvgIpc) is 2.74. The number of fused-ring (bicyclic) bond motifs is 1. The molecule has 3 heterocycles. The molecule has 2 saturated heterocycles. The maximum absolute atomic E-state index is 13.3. The van der Waals surface area contributed by atoms with Gasteiger partial charge in [0, 0.05) is 32.4 Å². The topological polar surface area (TPSA) is 89.9 Å². The Morgan fingerprint density at radius 2 is 2.03 bits per heavy atom. The monoisotopic (exact) mass is 397 g/mol. The summed E-state index contributed by atoms with van der Waals surface area (Å²) in [5.74, 6) is -0.444. The molecule has 2 atom stereocenters. The van der Waals surface area contributed by atoms with Crippen LogP contribution in [0.3, 0.4) is 0 Å². The smallest absolute Gasteiger partial charge is 0.274 e. The molecule has 8 nitrogen and oxygen atoms in total. The number of aromatic nitrogens is 1. The molecule has 2 aliphatic heterocycles. The minimum Gasteiger partial charge on any atom is -0.483 e. The second kappa shape index (κ2) is 8.08. The van der Waals surface area contributed by atoms with Gasteiger partial charge < -0.3 is 24.3 Å². The highest BCUT2D eigenvalue weighted by Gasteiger charge is 2.37. The number of morpholine rings is 1. The predicted molar refractivity (Wildman–Crippen MR) is 105 cm³/mol. The number of benzene rings is 1. The summed E-state index contributed by atoms with van der Waals surface area (Å²) >= 11 is 0. The lowest BCUT2D eigenvalue weighted by molar-refractivity contribution is -0.139. The number of pyridine rings is 1. The summed E-state index contributed by atoms with van der Waals surface area (Å²) in [4.78, 5) is 39.1. The maximum atomic E-state index is 13.3. The third-order valence-corrected chi connectivity index (χ3v) is 5.28. The summed E-state index contributed by atoms with van der Waals surface area (Å²) < 4.78 is 13.0. The molecule has 152 valence electrons. The minimum atomic E-state index is -0.341. The summed E-state index contributed by atoms with van der Waals surface area (Å²) in [6, 6.07) is 10.6. The predicted octanol–water partition coefficient (Wildman–Crippen LogP) is 0.694. The zero-order valence-corrected chi connectivity index (χ0v) is 16.2. The van der Waals surface area contributed by atoms with E-state index in [0.717, 1.165) is 5.56 Å². The third-order valence-electron chi connectivity index (χ3n) is 5.28. The number of nitrogens with one attached hydrogen (secondary N) is 1. The molecule has 2 fully saturated rings. The molecule has 2 aliphatic rings. The first-order chi connectivity index (χ1) is 14.0. The van der Waals surface area contributed by atoms with Crippen LogP contribution in [-0.4, -0.2) is 53.1 Å². The van der Waals surface area contributed by atoms with Gasteiger partial charge in [0.25, 0.3) is 5.91 Å². The Labute approximate surface area is 168 Å². The van der Waals surface area contributed by atoms with Crippen molar-refractivity contribution in [2.24, 2.45) is 7.05 Å². The van der Waals surface area contributed by atoms with E-state index in [1.807, 2.05) is 30.3 Å². The lowest BCUT2D eigenvalue weighted by Crippen LogP contribution is -2.61. The fourth-order valence-corrected chi connectivity index (χ4v) is 3.76. The van der Waals surface area contributed by atoms with E-state index in [9.17, 15) is 14.4 Å². The standard InChI is InChI=1S/C21H23N3O5/c1-23-9-7-16(25)20(29-12-14-5-3-2-4-6-14)19(23)21(27)24-10-8-17-15(11-24)22-18(26)13-28-17/h2-7,9,15,17H,8,10-13H2,1H3,(H,22,26)/t15-,17+/m0/s1. The number of carbonyl (C=O) groups excluding carboxylic acids is 2. The molecule has 4 rings (SSSR count). The Hall–Kier alpha value is -3.13. The van der Waals surface area contributed by atoms with E-state index in [-0.39, 0.29) is 54.0 Å². The highest BCUT2D eigenvalue weighted by atomic mass is 16.5. The molecule has 1 N–H and O–H groups in total. The van der Waals surface area contributed by atoms with Crippen LogP contribution in [0, 0.1) is 0 Å². The first kappa shape index (κ1) is 19.2. The van der Waals surface area contributed by atoms with Crippen LogP contribution >= 0.6 is 0 Å². The lowest BCUT2D eigenvalue weighted by Gasteiger charge is -2.41. The van der Waals surface area contributed by atoms with Gasteiger partial charge in [-0.1, -0.05) is 30.3 Å². The van der Waals surface area contributed by atoms with E-state index in [1.165, 1.54) is 6.07 Å². The van der Waals surface area contributed by atoms with Crippen LogP contribution in [0.4, 0.5) is 0 Å². The molecule has 0 bridgehead atoms. The van der Waals surface area contributed by atoms with Crippen LogP contribution in [0.5, 0.6) is 5.75 Å². The fourth-order valence-electron chi connectivity index (χ4n) is 3.76. The van der Waals surface area contributed by atoms with Gasteiger partial charge in [-0.3, -0.25) is 14.4 Å². The second-order valence-corrected chi connectivity index (χ2v) is 7.31. The molecule has 0 spiro atoms. The van der Waals surface area contributed by atoms with Gasteiger partial charge >= 0.3 is 0 Å². The number of rotatable bonds is 4. The molecule has 1 aromatic heterocycles. The number of hydrogen-bond acceptors (Lipinski definition) is 5. The van der Waals surface area contributed by atoms with Crippen LogP contribution in [0.25, 0.3) is 0 Å². The highest BCUT2D eigenvalue weighted by molar-refractivity contribution is 5.95. The van der Waals surface area contributed by atoms with Gasteiger partial charge in [0.2, 0.25) is 11.3 Å². The van der Waals surface area contributed by atoms with E-state index in [0.29, 0.717) is 19.5 Å². The van der Waals surface area contributed by atoms with Crippen molar-refractivity contribution in [2.45, 2.75) is 25.2 Å². The summed E-state index contributed by atoms with van der Waals surface area (Å²) in [5, 5.41) is 2.88. The Morgan fingerprint density at radius 3 is 2.83 bits per heavy atom. The van der Waals surface area contributed by atoms with E-state index >= 15 is 0 Å². The SMILES string of the molecule is Cn1ccc(=O)c(OCc2ccccc2)c1C(=O)N1CC[C@H]2OCC(=O)N[C@H]2C1. The molecule has 1 aromatic carbocycles. The van der Waals surface area contributed by atoms with Crippen LogP contribution < -0.4 is 15.5 Å². The van der Waals surface area contributed by atoms with Crippen LogP contribution in [-0.2, 0) is 23.2 Å². The minimum absolute atomic E-state index is 0.0370. The van der Waals surface area contributed by atoms with E-state index < -0.39 is 0 Å². The Morgan fingerprint density at radius 1 is 1.24 bits per heavy atom. The number of ether oxygens (including phenoxy) is 2. The highest BCUT2D eigenvalue weighted by Crippen LogP contribution is 2.22. The van der Waals surface area contributed by atoms with Crippen molar-refractivity contribution in [1.29, 1.82) is 0 Å². The van der Waals surface area contributed by atoms with Crippen LogP contribution in [0.1, 0.15) is 22.5 Å². The van der Waals surface area contributed by atoms with Crippen molar-refractivity contribution in [3.05, 3.63) is 64.1 Å². The normalized spacial score (nSPS) is 21.3. The maximum Gasteiger partial charge on any atom is 0.274 e. The van der Waals surface area contributed by atoms with Crippen molar-refractivity contribution in [3.8, 4) is 5.75 Å². The molecule has 0 aliphatic carbocycles. The zero-order chi connectivity index (χ0) is 20.4. The lowest BCUT2D eigenvalue weighted by atomic mass is 10.00. The number of aryl methyl sites for hydroxylation is 1. The van der Waals surface area contributed by atoms with Crippen molar-refractivity contribution in [3.63, 3.8) is 0 Å². The molecule has 29 heavy (non-hydrogen) atoms. The van der Waals surface area contributed by atoms with Crippen molar-refractivity contribution in [1.82, 2.24) is 14.8 Å². The summed E-state index contributed by atoms with van der Waals surface area (Å²) in [6.07, 6.45) is 2.09. The number of nitrogens with zero attached hydrogens (tertiary/aromatic N) is 2. The fraction of sp³-hybridized carbons (Fsp3) is 0.381. The van der Waals surface area contributed by atoms with Crippen LogP contribution in [0.2, 0.25) is 0 Å². The molecule has 0 radical (unpaired) electrons. The first-order valence-electron chi connectivity index (χ1n) is 9.59. The van der Waals surface area contributed by atoms with Gasteiger partial charge in [-0.25, -0.2) is 0 Å². The number of hydrogen-bond donors (Lipinski definition) is 1. The van der Waals surface area contributed by atoms with E-state index in [4.69, 9.17) is 9.47 Å². The van der Waals surface area contributed by atoms with Gasteiger partial charge in [0.1, 0.15) is 13.2 Å². The summed E-state index contributed by atoms with van der Waals surface area (Å²) in [5.41, 5.74) is 0.765. The summed E-state index contributed by atoms with van der Waals surface area (Å²) in [6.45, 7) is 1.06. The van der Waals surface area contributed by atoms with E-state index in [1.54, 1.807) is 22.7 Å². The number of piperidine rings is 1. The molecule has 0 saturated carbocycles. The van der Waals surface area contributed by atoms with Gasteiger partial charge in [0.05, 0.1) is 12.1 Å². The van der Waals surface area contributed by atoms with Gasteiger partial charge in [0.15, 0.2) is 11.4 Å². The molecule has 8 heteroatoms. The average molecular weight is 397 g/mol. The van der Waals surface area contributed by atoms with Gasteiger partial charge in [-0.05, 0) is 12.0 Å². The molecule has 2 aromatic rings. The van der Waals surface area contributed by atoms with Crippen molar-refractivity contribution < 1.29 is 19.1 Å². The van der Waals surface area contributed by atoms with Crippen molar-refractivity contribution in [2.75, 3.05) is 19.7 Å². The van der Waals surface area contributed by atoms with Crippen molar-refractivity contribution >= 4 is 11.8 Å². The first-order valence-corrected chi connectivity index (χ1v) is 9.59. The second-order valence-electron chi connectivity index (χ2n) is 7.31. The molecule has 0 unspecified atom stereocenters. The van der Waals surface area contributed by atoms with Gasteiger partial charge in [-0.2, -0.15) is 0 Å². The van der Waals surface area contributed by atoms with Gasteiger partial charge in [-0.15, -0.1) is 0 Å². The number of carbonyl (C=O) groups is 2. The molecule has 2 amide bonds. The largest absolute Gasteiger partial charge is 0.483 e. The van der Waals surface area contributed by atoms with E-state index in [2.05, 4.69) is 5.32 Å². The van der Waals surface area contributed by atoms with Crippen LogP contribution in [0.15, 0.2) is 47.4 Å². The number of likely N-dealkylation sites (tertiary alicyclic amines) is 1. The Kier molecular flexibility index (Phi) is 5.35. The quantitative estimate of drug-likeness (QED) is 0.820. The third kappa shape index (κ3) is 4.02.